The molecule has 126 valence electrons. The number of amides is 2. The first-order chi connectivity index (χ1) is 11.2. The molecule has 2 aliphatic carbocycles. The number of imide groups is 1. The molecule has 24 heavy (non-hydrogen) atoms. The fourth-order valence-corrected chi connectivity index (χ4v) is 4.87. The second-order valence-electron chi connectivity index (χ2n) is 6.64. The zero-order chi connectivity index (χ0) is 17.4. The van der Waals surface area contributed by atoms with Crippen LogP contribution in [-0.2, 0) is 15.8 Å². The van der Waals surface area contributed by atoms with Crippen molar-refractivity contribution >= 4 is 33.4 Å². The smallest absolute Gasteiger partial charge is 0.274 e. The summed E-state index contributed by atoms with van der Waals surface area (Å²) in [4.78, 5) is 26.4. The molecule has 1 aromatic rings. The van der Waals surface area contributed by atoms with Gasteiger partial charge in [-0.05, 0) is 43.4 Å². The van der Waals surface area contributed by atoms with Gasteiger partial charge in [0, 0.05) is 4.47 Å². The number of alkyl halides is 3. The first-order valence-electron chi connectivity index (χ1n) is 7.63. The van der Waals surface area contributed by atoms with Crippen LogP contribution in [0.4, 0.5) is 18.9 Å². The monoisotopic (exact) mass is 399 g/mol. The lowest BCUT2D eigenvalue weighted by Gasteiger charge is -2.20. The predicted molar refractivity (Wildman–Crippen MR) is 84.0 cm³/mol. The van der Waals surface area contributed by atoms with Gasteiger partial charge in [-0.2, -0.15) is 13.2 Å². The number of anilines is 1. The van der Waals surface area contributed by atoms with Crippen LogP contribution < -0.4 is 4.90 Å². The summed E-state index contributed by atoms with van der Waals surface area (Å²) in [6, 6.07) is 3.46. The minimum absolute atomic E-state index is 0.00743. The van der Waals surface area contributed by atoms with Crippen molar-refractivity contribution in [1.29, 1.82) is 0 Å². The molecule has 4 atom stereocenters. The Morgan fingerprint density at radius 2 is 1.83 bits per heavy atom. The topological polar surface area (TPSA) is 37.4 Å². The second kappa shape index (κ2) is 4.94. The molecule has 0 N–H and O–H groups in total. The summed E-state index contributed by atoms with van der Waals surface area (Å²) in [5.74, 6) is -1.54. The van der Waals surface area contributed by atoms with Crippen LogP contribution in [0.25, 0.3) is 0 Å². The van der Waals surface area contributed by atoms with Gasteiger partial charge >= 0.3 is 6.18 Å². The van der Waals surface area contributed by atoms with E-state index in [9.17, 15) is 22.8 Å². The Kier molecular flexibility index (Phi) is 3.27. The highest BCUT2D eigenvalue weighted by molar-refractivity contribution is 9.10. The van der Waals surface area contributed by atoms with Gasteiger partial charge in [-0.25, -0.2) is 0 Å². The van der Waals surface area contributed by atoms with Crippen LogP contribution in [0, 0.1) is 23.7 Å². The largest absolute Gasteiger partial charge is 0.417 e. The molecule has 1 aromatic carbocycles. The summed E-state index contributed by atoms with van der Waals surface area (Å²) in [5.41, 5.74) is 0.206. The zero-order valence-electron chi connectivity index (χ0n) is 12.6. The molecular formula is C17H13BrF3NO2. The number of hydrogen-bond acceptors (Lipinski definition) is 2. The molecule has 7 heteroatoms. The van der Waals surface area contributed by atoms with Crippen molar-refractivity contribution in [3.05, 3.63) is 39.9 Å². The molecule has 1 saturated heterocycles. The molecule has 2 amide bonds. The number of benzene rings is 1. The van der Waals surface area contributed by atoms with Crippen molar-refractivity contribution in [2.75, 3.05) is 4.90 Å². The highest BCUT2D eigenvalue weighted by atomic mass is 79.9. The molecule has 4 rings (SSSR count). The van der Waals surface area contributed by atoms with Gasteiger partial charge < -0.3 is 0 Å². The second-order valence-corrected chi connectivity index (χ2v) is 7.50. The molecule has 1 saturated carbocycles. The van der Waals surface area contributed by atoms with Gasteiger partial charge in [0.2, 0.25) is 11.8 Å². The summed E-state index contributed by atoms with van der Waals surface area (Å²) in [6.45, 7) is 1.95. The Morgan fingerprint density at radius 1 is 1.17 bits per heavy atom. The van der Waals surface area contributed by atoms with E-state index in [0.29, 0.717) is 0 Å². The Bertz CT molecular complexity index is 802. The molecule has 0 radical (unpaired) electrons. The van der Waals surface area contributed by atoms with Crippen molar-refractivity contribution in [3.8, 4) is 0 Å². The van der Waals surface area contributed by atoms with Crippen molar-refractivity contribution in [1.82, 2.24) is 0 Å². The van der Waals surface area contributed by atoms with E-state index in [1.807, 2.05) is 13.0 Å². The molecule has 0 aromatic heterocycles. The van der Waals surface area contributed by atoms with Gasteiger partial charge in [-0.1, -0.05) is 27.6 Å². The zero-order valence-corrected chi connectivity index (χ0v) is 14.2. The molecule has 0 spiro atoms. The maximum Gasteiger partial charge on any atom is 0.417 e. The number of carbonyl (C=O) groups is 2. The van der Waals surface area contributed by atoms with E-state index in [1.165, 1.54) is 12.1 Å². The van der Waals surface area contributed by atoms with E-state index in [4.69, 9.17) is 0 Å². The standard InChI is InChI=1S/C17H13BrF3NO2/c1-7-4-8-5-10(7)14-13(8)15(23)22(16(14)24)9-2-3-12(18)11(6-9)17(19,20)21/h2-4,6,8,10,13-14H,5H2,1H3. The first kappa shape index (κ1) is 15.9. The van der Waals surface area contributed by atoms with Crippen molar-refractivity contribution in [2.45, 2.75) is 19.5 Å². The van der Waals surface area contributed by atoms with E-state index < -0.39 is 23.6 Å². The summed E-state index contributed by atoms with van der Waals surface area (Å²) < 4.78 is 39.2. The quantitative estimate of drug-likeness (QED) is 0.524. The van der Waals surface area contributed by atoms with E-state index >= 15 is 0 Å². The summed E-state index contributed by atoms with van der Waals surface area (Å²) in [5, 5.41) is 0. The molecule has 2 bridgehead atoms. The molecule has 3 nitrogen and oxygen atoms in total. The third-order valence-electron chi connectivity index (χ3n) is 5.39. The van der Waals surface area contributed by atoms with Gasteiger partial charge in [0.25, 0.3) is 0 Å². The maximum atomic E-state index is 13.1. The van der Waals surface area contributed by atoms with Gasteiger partial charge in [0.05, 0.1) is 23.1 Å². The van der Waals surface area contributed by atoms with E-state index in [0.717, 1.165) is 23.0 Å². The third kappa shape index (κ3) is 2.03. The Hall–Kier alpha value is -1.63. The number of carbonyl (C=O) groups excluding carboxylic acids is 2. The van der Waals surface area contributed by atoms with Crippen LogP contribution in [0.2, 0.25) is 0 Å². The van der Waals surface area contributed by atoms with Crippen molar-refractivity contribution in [3.63, 3.8) is 0 Å². The summed E-state index contributed by atoms with van der Waals surface area (Å²) in [7, 11) is 0. The molecule has 2 fully saturated rings. The number of halogens is 4. The SMILES string of the molecule is CC1=CC2CC1C1C(=O)N(c3ccc(Br)c(C(F)(F)F)c3)C(=O)C21. The van der Waals surface area contributed by atoms with Crippen LogP contribution in [-0.4, -0.2) is 11.8 Å². The van der Waals surface area contributed by atoms with E-state index in [-0.39, 0.29) is 33.8 Å². The minimum atomic E-state index is -4.56. The van der Waals surface area contributed by atoms with Crippen LogP contribution >= 0.6 is 15.9 Å². The van der Waals surface area contributed by atoms with Crippen LogP contribution in [0.15, 0.2) is 34.3 Å². The fourth-order valence-electron chi connectivity index (χ4n) is 4.40. The molecular weight excluding hydrogens is 387 g/mol. The number of rotatable bonds is 1. The number of hydrogen-bond donors (Lipinski definition) is 0. The average Bonchev–Trinajstić information content (AvgIpc) is 3.10. The lowest BCUT2D eigenvalue weighted by Crippen LogP contribution is -2.33. The van der Waals surface area contributed by atoms with Crippen molar-refractivity contribution < 1.29 is 22.8 Å². The summed E-state index contributed by atoms with van der Waals surface area (Å²) in [6.07, 6.45) is -1.74. The molecule has 3 aliphatic rings. The summed E-state index contributed by atoms with van der Waals surface area (Å²) >= 11 is 2.87. The van der Waals surface area contributed by atoms with Crippen molar-refractivity contribution in [2.24, 2.45) is 23.7 Å². The predicted octanol–water partition coefficient (Wildman–Crippen LogP) is 4.17. The third-order valence-corrected chi connectivity index (χ3v) is 6.09. The highest BCUT2D eigenvalue weighted by Crippen LogP contribution is 2.56. The Balaban J connectivity index is 1.75. The Labute approximate surface area is 144 Å². The lowest BCUT2D eigenvalue weighted by atomic mass is 9.82. The Morgan fingerprint density at radius 3 is 2.50 bits per heavy atom. The number of fused-ring (bicyclic) bond motifs is 5. The van der Waals surface area contributed by atoms with Gasteiger partial charge in [0.15, 0.2) is 0 Å². The maximum absolute atomic E-state index is 13.1. The van der Waals surface area contributed by atoms with E-state index in [2.05, 4.69) is 15.9 Å². The average molecular weight is 400 g/mol. The molecule has 4 unspecified atom stereocenters. The van der Waals surface area contributed by atoms with E-state index in [1.54, 1.807) is 0 Å². The first-order valence-corrected chi connectivity index (χ1v) is 8.42. The van der Waals surface area contributed by atoms with Gasteiger partial charge in [-0.3, -0.25) is 14.5 Å². The number of allylic oxidation sites excluding steroid dienone is 2. The minimum Gasteiger partial charge on any atom is -0.274 e. The highest BCUT2D eigenvalue weighted by Gasteiger charge is 2.61. The van der Waals surface area contributed by atoms with Gasteiger partial charge in [0.1, 0.15) is 0 Å². The lowest BCUT2D eigenvalue weighted by molar-refractivity contribution is -0.138. The fraction of sp³-hybridized carbons (Fsp3) is 0.412. The molecule has 1 aliphatic heterocycles. The van der Waals surface area contributed by atoms with Gasteiger partial charge in [-0.15, -0.1) is 0 Å². The van der Waals surface area contributed by atoms with Crippen LogP contribution in [0.3, 0.4) is 0 Å². The normalized spacial score (nSPS) is 31.7. The molecule has 1 heterocycles. The number of nitrogens with zero attached hydrogens (tertiary/aromatic N) is 1. The van der Waals surface area contributed by atoms with Crippen LogP contribution in [0.1, 0.15) is 18.9 Å². The van der Waals surface area contributed by atoms with Crippen LogP contribution in [0.5, 0.6) is 0 Å².